The van der Waals surface area contributed by atoms with Crippen molar-refractivity contribution in [2.75, 3.05) is 27.2 Å². The molecule has 1 rings (SSSR count). The molecular weight excluding hydrogens is 200 g/mol. The van der Waals surface area contributed by atoms with E-state index in [9.17, 15) is 0 Å². The fourth-order valence-electron chi connectivity index (χ4n) is 2.67. The maximum Gasteiger partial charge on any atom is 0.0707 e. The van der Waals surface area contributed by atoms with Crippen molar-refractivity contribution in [3.8, 4) is 0 Å². The summed E-state index contributed by atoms with van der Waals surface area (Å²) in [6.45, 7) is 6.62. The molecule has 0 bridgehead atoms. The maximum absolute atomic E-state index is 6.01. The van der Waals surface area contributed by atoms with Crippen molar-refractivity contribution in [1.29, 1.82) is 0 Å². The van der Waals surface area contributed by atoms with Gasteiger partial charge in [0.1, 0.15) is 0 Å². The summed E-state index contributed by atoms with van der Waals surface area (Å²) in [5.74, 6) is 0. The number of nitrogens with one attached hydrogen (secondary N) is 1. The molecule has 2 atom stereocenters. The fourth-order valence-corrected chi connectivity index (χ4v) is 2.67. The molecule has 0 radical (unpaired) electrons. The quantitative estimate of drug-likeness (QED) is 0.720. The maximum atomic E-state index is 6.01. The molecule has 96 valence electrons. The van der Waals surface area contributed by atoms with E-state index in [1.165, 1.54) is 25.7 Å². The predicted molar refractivity (Wildman–Crippen MR) is 68.8 cm³/mol. The van der Waals surface area contributed by atoms with Gasteiger partial charge >= 0.3 is 0 Å². The molecule has 1 N–H and O–H groups in total. The van der Waals surface area contributed by atoms with E-state index in [2.05, 4.69) is 31.1 Å². The zero-order valence-corrected chi connectivity index (χ0v) is 11.3. The van der Waals surface area contributed by atoms with E-state index < -0.39 is 0 Å². The number of rotatable bonds is 7. The van der Waals surface area contributed by atoms with Gasteiger partial charge in [-0.15, -0.1) is 0 Å². The molecule has 0 aromatic carbocycles. The first-order valence-electron chi connectivity index (χ1n) is 6.71. The van der Waals surface area contributed by atoms with Gasteiger partial charge in [-0.3, -0.25) is 0 Å². The van der Waals surface area contributed by atoms with Gasteiger partial charge in [0.05, 0.1) is 12.2 Å². The van der Waals surface area contributed by atoms with E-state index >= 15 is 0 Å². The average molecular weight is 228 g/mol. The highest BCUT2D eigenvalue weighted by Crippen LogP contribution is 2.21. The highest BCUT2D eigenvalue weighted by atomic mass is 16.5. The van der Waals surface area contributed by atoms with Gasteiger partial charge in [0.15, 0.2) is 0 Å². The topological polar surface area (TPSA) is 24.5 Å². The second kappa shape index (κ2) is 7.25. The third kappa shape index (κ3) is 4.04. The minimum Gasteiger partial charge on any atom is -0.372 e. The molecule has 2 unspecified atom stereocenters. The van der Waals surface area contributed by atoms with Crippen LogP contribution in [0.5, 0.6) is 0 Å². The summed E-state index contributed by atoms with van der Waals surface area (Å²) in [5, 5.41) is 3.19. The number of hydrogen-bond donors (Lipinski definition) is 1. The van der Waals surface area contributed by atoms with Crippen molar-refractivity contribution in [3.63, 3.8) is 0 Å². The van der Waals surface area contributed by atoms with E-state index in [0.29, 0.717) is 18.2 Å². The molecule has 1 saturated heterocycles. The lowest BCUT2D eigenvalue weighted by molar-refractivity contribution is 0.0206. The van der Waals surface area contributed by atoms with Gasteiger partial charge in [0.2, 0.25) is 0 Å². The van der Waals surface area contributed by atoms with Crippen LogP contribution in [0.25, 0.3) is 0 Å². The first-order valence-corrected chi connectivity index (χ1v) is 6.71. The average Bonchev–Trinajstić information content (AvgIpc) is 2.68. The van der Waals surface area contributed by atoms with Crippen molar-refractivity contribution in [2.24, 2.45) is 0 Å². The molecule has 16 heavy (non-hydrogen) atoms. The predicted octanol–water partition coefficient (Wildman–Crippen LogP) is 1.87. The van der Waals surface area contributed by atoms with Crippen molar-refractivity contribution >= 4 is 0 Å². The largest absolute Gasteiger partial charge is 0.372 e. The Balaban J connectivity index is 2.27. The van der Waals surface area contributed by atoms with Crippen LogP contribution in [-0.2, 0) is 4.74 Å². The zero-order valence-electron chi connectivity index (χ0n) is 11.3. The number of likely N-dealkylation sites (N-methyl/N-ethyl adjacent to an activating group) is 2. The molecule has 3 heteroatoms. The van der Waals surface area contributed by atoms with E-state index in [0.717, 1.165) is 13.1 Å². The van der Waals surface area contributed by atoms with E-state index in [-0.39, 0.29) is 0 Å². The SMILES string of the molecule is CCC(CC)N(C)CC1CCC(CNC)O1. The summed E-state index contributed by atoms with van der Waals surface area (Å²) in [7, 11) is 4.22. The monoisotopic (exact) mass is 228 g/mol. The zero-order chi connectivity index (χ0) is 12.0. The summed E-state index contributed by atoms with van der Waals surface area (Å²) in [6, 6.07) is 0.715. The lowest BCUT2D eigenvalue weighted by Gasteiger charge is -2.28. The van der Waals surface area contributed by atoms with E-state index in [4.69, 9.17) is 4.74 Å². The molecule has 0 saturated carbocycles. The molecule has 0 aromatic heterocycles. The van der Waals surface area contributed by atoms with Crippen LogP contribution in [0, 0.1) is 0 Å². The summed E-state index contributed by atoms with van der Waals surface area (Å²) >= 11 is 0. The Labute approximate surface area is 101 Å². The van der Waals surface area contributed by atoms with Gasteiger partial charge in [-0.1, -0.05) is 13.8 Å². The Hall–Kier alpha value is -0.120. The molecule has 0 aromatic rings. The van der Waals surface area contributed by atoms with Gasteiger partial charge in [0.25, 0.3) is 0 Å². The normalized spacial score (nSPS) is 25.9. The lowest BCUT2D eigenvalue weighted by atomic mass is 10.1. The van der Waals surface area contributed by atoms with Gasteiger partial charge in [-0.2, -0.15) is 0 Å². The molecule has 3 nitrogen and oxygen atoms in total. The van der Waals surface area contributed by atoms with Crippen LogP contribution in [0.2, 0.25) is 0 Å². The molecule has 1 aliphatic rings. The van der Waals surface area contributed by atoms with E-state index in [1.54, 1.807) is 0 Å². The standard InChI is InChI=1S/C13H28N2O/c1-5-11(6-2)15(4)10-13-8-7-12(16-13)9-14-3/h11-14H,5-10H2,1-4H3. The number of ether oxygens (including phenoxy) is 1. The smallest absolute Gasteiger partial charge is 0.0707 e. The van der Waals surface area contributed by atoms with Crippen LogP contribution in [0.1, 0.15) is 39.5 Å². The Bertz CT molecular complexity index is 183. The minimum absolute atomic E-state index is 0.435. The summed E-state index contributed by atoms with van der Waals surface area (Å²) in [5.41, 5.74) is 0. The third-order valence-corrected chi connectivity index (χ3v) is 3.68. The van der Waals surface area contributed by atoms with Crippen molar-refractivity contribution < 1.29 is 4.74 Å². The Morgan fingerprint density at radius 3 is 2.44 bits per heavy atom. The Morgan fingerprint density at radius 1 is 1.25 bits per heavy atom. The Kier molecular flexibility index (Phi) is 6.32. The van der Waals surface area contributed by atoms with Gasteiger partial charge in [0, 0.05) is 19.1 Å². The van der Waals surface area contributed by atoms with Gasteiger partial charge in [-0.25, -0.2) is 0 Å². The summed E-state index contributed by atoms with van der Waals surface area (Å²) in [4.78, 5) is 2.46. The highest BCUT2D eigenvalue weighted by Gasteiger charge is 2.26. The first-order chi connectivity index (χ1) is 7.71. The highest BCUT2D eigenvalue weighted by molar-refractivity contribution is 4.78. The van der Waals surface area contributed by atoms with Crippen molar-refractivity contribution in [2.45, 2.75) is 57.8 Å². The summed E-state index contributed by atoms with van der Waals surface area (Å²) < 4.78 is 6.01. The van der Waals surface area contributed by atoms with Crippen LogP contribution in [0.4, 0.5) is 0 Å². The lowest BCUT2D eigenvalue weighted by Crippen LogP contribution is -2.37. The van der Waals surface area contributed by atoms with Crippen molar-refractivity contribution in [3.05, 3.63) is 0 Å². The third-order valence-electron chi connectivity index (χ3n) is 3.68. The molecule has 1 aliphatic heterocycles. The molecule has 0 amide bonds. The molecule has 0 spiro atoms. The molecule has 0 aliphatic carbocycles. The molecular formula is C13H28N2O. The van der Waals surface area contributed by atoms with Crippen LogP contribution in [0.3, 0.4) is 0 Å². The molecule has 1 fully saturated rings. The number of nitrogens with zero attached hydrogens (tertiary/aromatic N) is 1. The van der Waals surface area contributed by atoms with Gasteiger partial charge < -0.3 is 15.0 Å². The van der Waals surface area contributed by atoms with Crippen molar-refractivity contribution in [1.82, 2.24) is 10.2 Å². The fraction of sp³-hybridized carbons (Fsp3) is 1.00. The first kappa shape index (κ1) is 13.9. The van der Waals surface area contributed by atoms with Crippen LogP contribution >= 0.6 is 0 Å². The van der Waals surface area contributed by atoms with Crippen LogP contribution in [-0.4, -0.2) is 50.3 Å². The van der Waals surface area contributed by atoms with Gasteiger partial charge in [-0.05, 0) is 39.8 Å². The van der Waals surface area contributed by atoms with Crippen LogP contribution in [0.15, 0.2) is 0 Å². The number of hydrogen-bond acceptors (Lipinski definition) is 3. The van der Waals surface area contributed by atoms with E-state index in [1.807, 2.05) is 7.05 Å². The summed E-state index contributed by atoms with van der Waals surface area (Å²) in [6.07, 6.45) is 5.78. The minimum atomic E-state index is 0.435. The Morgan fingerprint density at radius 2 is 1.88 bits per heavy atom. The van der Waals surface area contributed by atoms with Crippen LogP contribution < -0.4 is 5.32 Å². The second-order valence-corrected chi connectivity index (χ2v) is 4.93. The second-order valence-electron chi connectivity index (χ2n) is 4.93. The molecule has 1 heterocycles.